The maximum Gasteiger partial charge on any atom is 0.101 e. The van der Waals surface area contributed by atoms with E-state index in [1.54, 1.807) is 18.6 Å². The highest BCUT2D eigenvalue weighted by atomic mass is 79.9. The van der Waals surface area contributed by atoms with Gasteiger partial charge in [-0.3, -0.25) is 0 Å². The summed E-state index contributed by atoms with van der Waals surface area (Å²) in [5.74, 6) is 0. The van der Waals surface area contributed by atoms with Gasteiger partial charge in [0.1, 0.15) is 6.07 Å². The van der Waals surface area contributed by atoms with E-state index in [9.17, 15) is 0 Å². The number of anilines is 1. The number of nitrogens with zero attached hydrogens (tertiary/aromatic N) is 3. The Morgan fingerprint density at radius 2 is 2.35 bits per heavy atom. The maximum atomic E-state index is 9.00. The smallest absolute Gasteiger partial charge is 0.101 e. The van der Waals surface area contributed by atoms with Gasteiger partial charge < -0.3 is 9.88 Å². The molecule has 0 atom stereocenters. The lowest BCUT2D eigenvalue weighted by Crippen LogP contribution is -2.05. The van der Waals surface area contributed by atoms with Crippen LogP contribution in [-0.4, -0.2) is 9.55 Å². The van der Waals surface area contributed by atoms with Gasteiger partial charge in [0.25, 0.3) is 0 Å². The van der Waals surface area contributed by atoms with E-state index < -0.39 is 0 Å². The molecule has 0 saturated carbocycles. The standard InChI is InChI=1S/C12H11BrN4/c1-17-8-15-6-11(17)7-16-12-4-10(13)3-2-9(12)5-14/h2-4,6,8,16H,7H2,1H3. The van der Waals surface area contributed by atoms with Crippen LogP contribution in [0.25, 0.3) is 0 Å². The predicted molar refractivity (Wildman–Crippen MR) is 69.4 cm³/mol. The van der Waals surface area contributed by atoms with Gasteiger partial charge in [-0.15, -0.1) is 0 Å². The molecule has 2 aromatic rings. The number of halogens is 1. The number of nitriles is 1. The number of benzene rings is 1. The van der Waals surface area contributed by atoms with Crippen molar-refractivity contribution in [1.29, 1.82) is 5.26 Å². The average molecular weight is 291 g/mol. The highest BCUT2D eigenvalue weighted by molar-refractivity contribution is 9.10. The van der Waals surface area contributed by atoms with E-state index in [2.05, 4.69) is 32.3 Å². The van der Waals surface area contributed by atoms with Crippen LogP contribution in [0.4, 0.5) is 5.69 Å². The Morgan fingerprint density at radius 1 is 1.53 bits per heavy atom. The SMILES string of the molecule is Cn1cncc1CNc1cc(Br)ccc1C#N. The molecule has 0 bridgehead atoms. The third-order valence-electron chi connectivity index (χ3n) is 2.48. The lowest BCUT2D eigenvalue weighted by Gasteiger charge is -2.08. The van der Waals surface area contributed by atoms with Crippen LogP contribution >= 0.6 is 15.9 Å². The van der Waals surface area contributed by atoms with E-state index in [0.717, 1.165) is 15.9 Å². The van der Waals surface area contributed by atoms with Crippen LogP contribution in [0.15, 0.2) is 35.2 Å². The summed E-state index contributed by atoms with van der Waals surface area (Å²) in [6, 6.07) is 7.70. The van der Waals surface area contributed by atoms with Crippen LogP contribution in [-0.2, 0) is 13.6 Å². The predicted octanol–water partition coefficient (Wildman–Crippen LogP) is 2.67. The fraction of sp³-hybridized carbons (Fsp3) is 0.167. The summed E-state index contributed by atoms with van der Waals surface area (Å²) in [7, 11) is 1.94. The van der Waals surface area contributed by atoms with E-state index in [1.807, 2.05) is 23.7 Å². The second kappa shape index (κ2) is 5.02. The van der Waals surface area contributed by atoms with Gasteiger partial charge in [-0.05, 0) is 18.2 Å². The van der Waals surface area contributed by atoms with Crippen LogP contribution in [0.2, 0.25) is 0 Å². The van der Waals surface area contributed by atoms with Crippen LogP contribution in [0, 0.1) is 11.3 Å². The van der Waals surface area contributed by atoms with E-state index >= 15 is 0 Å². The van der Waals surface area contributed by atoms with E-state index in [0.29, 0.717) is 12.1 Å². The zero-order valence-corrected chi connectivity index (χ0v) is 10.9. The number of aromatic nitrogens is 2. The molecule has 0 aliphatic heterocycles. The largest absolute Gasteiger partial charge is 0.378 e. The van der Waals surface area contributed by atoms with Crippen LogP contribution in [0.5, 0.6) is 0 Å². The Balaban J connectivity index is 2.17. The molecule has 4 nitrogen and oxygen atoms in total. The Bertz CT molecular complexity index is 568. The molecule has 2 rings (SSSR count). The first-order valence-electron chi connectivity index (χ1n) is 5.09. The lowest BCUT2D eigenvalue weighted by molar-refractivity contribution is 0.837. The summed E-state index contributed by atoms with van der Waals surface area (Å²) in [6.45, 7) is 0.641. The van der Waals surface area contributed by atoms with Gasteiger partial charge >= 0.3 is 0 Å². The monoisotopic (exact) mass is 290 g/mol. The summed E-state index contributed by atoms with van der Waals surface area (Å²) >= 11 is 3.39. The number of aryl methyl sites for hydroxylation is 1. The van der Waals surface area contributed by atoms with Crippen molar-refractivity contribution in [1.82, 2.24) is 9.55 Å². The molecule has 0 unspecified atom stereocenters. The number of imidazole rings is 1. The molecular formula is C12H11BrN4. The van der Waals surface area contributed by atoms with Crippen molar-refractivity contribution in [3.05, 3.63) is 46.5 Å². The molecule has 0 saturated heterocycles. The Kier molecular flexibility index (Phi) is 3.45. The van der Waals surface area contributed by atoms with Crippen molar-refractivity contribution >= 4 is 21.6 Å². The number of hydrogen-bond donors (Lipinski definition) is 1. The van der Waals surface area contributed by atoms with E-state index in [4.69, 9.17) is 5.26 Å². The average Bonchev–Trinajstić information content (AvgIpc) is 2.72. The first-order chi connectivity index (χ1) is 8.20. The molecular weight excluding hydrogens is 280 g/mol. The van der Waals surface area contributed by atoms with Gasteiger partial charge in [-0.2, -0.15) is 5.26 Å². The number of rotatable bonds is 3. The minimum Gasteiger partial charge on any atom is -0.378 e. The number of hydrogen-bond acceptors (Lipinski definition) is 3. The molecule has 1 N–H and O–H groups in total. The van der Waals surface area contributed by atoms with E-state index in [-0.39, 0.29) is 0 Å². The van der Waals surface area contributed by atoms with Gasteiger partial charge in [0, 0.05) is 17.7 Å². The Morgan fingerprint density at radius 3 is 3.00 bits per heavy atom. The second-order valence-corrected chi connectivity index (χ2v) is 4.57. The van der Waals surface area contributed by atoms with Crippen LogP contribution in [0.3, 0.4) is 0 Å². The molecule has 5 heteroatoms. The van der Waals surface area contributed by atoms with Gasteiger partial charge in [-0.1, -0.05) is 15.9 Å². The van der Waals surface area contributed by atoms with Crippen LogP contribution < -0.4 is 5.32 Å². The van der Waals surface area contributed by atoms with Crippen molar-refractivity contribution in [2.75, 3.05) is 5.32 Å². The summed E-state index contributed by atoms with van der Waals surface area (Å²) in [4.78, 5) is 4.04. The van der Waals surface area contributed by atoms with Crippen molar-refractivity contribution in [2.45, 2.75) is 6.54 Å². The molecule has 1 aromatic carbocycles. The normalized spacial score (nSPS) is 9.94. The third kappa shape index (κ3) is 2.66. The zero-order chi connectivity index (χ0) is 12.3. The van der Waals surface area contributed by atoms with Gasteiger partial charge in [0.15, 0.2) is 0 Å². The van der Waals surface area contributed by atoms with E-state index in [1.165, 1.54) is 0 Å². The lowest BCUT2D eigenvalue weighted by atomic mass is 10.2. The summed E-state index contributed by atoms with van der Waals surface area (Å²) < 4.78 is 2.89. The molecule has 86 valence electrons. The van der Waals surface area contributed by atoms with Gasteiger partial charge in [-0.25, -0.2) is 4.98 Å². The zero-order valence-electron chi connectivity index (χ0n) is 9.31. The minimum absolute atomic E-state index is 0.635. The quantitative estimate of drug-likeness (QED) is 0.946. The van der Waals surface area contributed by atoms with Gasteiger partial charge in [0.05, 0.1) is 29.8 Å². The molecule has 0 fully saturated rings. The fourth-order valence-corrected chi connectivity index (χ4v) is 1.86. The summed E-state index contributed by atoms with van der Waals surface area (Å²) in [6.07, 6.45) is 3.56. The van der Waals surface area contributed by atoms with Crippen molar-refractivity contribution in [2.24, 2.45) is 7.05 Å². The Hall–Kier alpha value is -1.80. The third-order valence-corrected chi connectivity index (χ3v) is 2.97. The second-order valence-electron chi connectivity index (χ2n) is 3.65. The highest BCUT2D eigenvalue weighted by Crippen LogP contribution is 2.21. The highest BCUT2D eigenvalue weighted by Gasteiger charge is 2.03. The minimum atomic E-state index is 0.635. The van der Waals surface area contributed by atoms with Gasteiger partial charge in [0.2, 0.25) is 0 Å². The molecule has 17 heavy (non-hydrogen) atoms. The molecule has 0 aliphatic rings. The summed E-state index contributed by atoms with van der Waals surface area (Å²) in [5.41, 5.74) is 2.52. The van der Waals surface area contributed by atoms with Crippen molar-refractivity contribution < 1.29 is 0 Å². The first-order valence-corrected chi connectivity index (χ1v) is 5.88. The molecule has 0 spiro atoms. The number of nitrogens with one attached hydrogen (secondary N) is 1. The molecule has 0 amide bonds. The first kappa shape index (κ1) is 11.7. The topological polar surface area (TPSA) is 53.6 Å². The molecule has 1 heterocycles. The molecule has 0 radical (unpaired) electrons. The molecule has 0 aliphatic carbocycles. The van der Waals surface area contributed by atoms with Crippen molar-refractivity contribution in [3.63, 3.8) is 0 Å². The molecule has 1 aromatic heterocycles. The fourth-order valence-electron chi connectivity index (χ4n) is 1.50. The maximum absolute atomic E-state index is 9.00. The van der Waals surface area contributed by atoms with Crippen molar-refractivity contribution in [3.8, 4) is 6.07 Å². The Labute approximate surface area is 108 Å². The summed E-state index contributed by atoms with van der Waals surface area (Å²) in [5, 5.41) is 12.2. The van der Waals surface area contributed by atoms with Crippen LogP contribution in [0.1, 0.15) is 11.3 Å².